The summed E-state index contributed by atoms with van der Waals surface area (Å²) in [5, 5.41) is 10.3. The molecule has 0 bridgehead atoms. The Bertz CT molecular complexity index is 1030. The number of carbonyl (C=O) groups excluding carboxylic acids is 1. The summed E-state index contributed by atoms with van der Waals surface area (Å²) < 4.78 is 33.7. The van der Waals surface area contributed by atoms with Gasteiger partial charge in [-0.1, -0.05) is 30.3 Å². The topological polar surface area (TPSA) is 114 Å². The largest absolute Gasteiger partial charge is 0.423 e. The van der Waals surface area contributed by atoms with Crippen LogP contribution in [0.5, 0.6) is 0 Å². The average molecular weight is 386 g/mol. The molecule has 1 amide bonds. The molecule has 1 heterocycles. The summed E-state index contributed by atoms with van der Waals surface area (Å²) in [6.45, 7) is 3.01. The van der Waals surface area contributed by atoms with Gasteiger partial charge >= 0.3 is 0 Å². The lowest BCUT2D eigenvalue weighted by Crippen LogP contribution is -2.29. The van der Waals surface area contributed by atoms with Crippen LogP contribution in [-0.2, 0) is 14.8 Å². The summed E-state index contributed by atoms with van der Waals surface area (Å²) in [7, 11) is -3.88. The molecule has 0 saturated carbocycles. The molecule has 9 heteroatoms. The molecule has 3 aromatic rings. The van der Waals surface area contributed by atoms with Gasteiger partial charge in [0.2, 0.25) is 27.7 Å². The Hall–Kier alpha value is -3.04. The molecule has 0 spiro atoms. The number of amides is 1. The van der Waals surface area contributed by atoms with E-state index in [4.69, 9.17) is 4.42 Å². The zero-order valence-electron chi connectivity index (χ0n) is 14.7. The number of nitrogens with one attached hydrogen (secondary N) is 2. The zero-order valence-corrected chi connectivity index (χ0v) is 15.5. The van der Waals surface area contributed by atoms with Crippen molar-refractivity contribution in [3.8, 4) is 0 Å². The molecule has 0 aliphatic heterocycles. The summed E-state index contributed by atoms with van der Waals surface area (Å²) in [5.74, 6) is 0.251. The van der Waals surface area contributed by atoms with Crippen LogP contribution >= 0.6 is 0 Å². The summed E-state index contributed by atoms with van der Waals surface area (Å²) in [4.78, 5) is 11.1. The molecular weight excluding hydrogens is 368 g/mol. The number of hydrogen-bond acceptors (Lipinski definition) is 6. The number of aryl methyl sites for hydroxylation is 1. The van der Waals surface area contributed by atoms with E-state index >= 15 is 0 Å². The minimum Gasteiger partial charge on any atom is -0.423 e. The lowest BCUT2D eigenvalue weighted by atomic mass is 10.1. The van der Waals surface area contributed by atoms with E-state index in [1.807, 2.05) is 6.07 Å². The highest BCUT2D eigenvalue weighted by Crippen LogP contribution is 2.24. The van der Waals surface area contributed by atoms with Crippen LogP contribution in [0.2, 0.25) is 0 Å². The second kappa shape index (κ2) is 7.68. The fourth-order valence-electron chi connectivity index (χ4n) is 2.48. The molecule has 1 atom stereocenters. The minimum absolute atomic E-state index is 0.0498. The van der Waals surface area contributed by atoms with Crippen LogP contribution in [-0.4, -0.2) is 24.5 Å². The molecule has 8 nitrogen and oxygen atoms in total. The maximum absolute atomic E-state index is 12.8. The Labute approximate surface area is 156 Å². The van der Waals surface area contributed by atoms with Crippen LogP contribution in [0.1, 0.15) is 30.3 Å². The zero-order chi connectivity index (χ0) is 19.4. The van der Waals surface area contributed by atoms with Crippen molar-refractivity contribution in [2.45, 2.75) is 24.8 Å². The molecule has 0 aliphatic carbocycles. The Kier molecular flexibility index (Phi) is 5.33. The average Bonchev–Trinajstić information content (AvgIpc) is 3.06. The van der Waals surface area contributed by atoms with Gasteiger partial charge in [-0.05, 0) is 29.8 Å². The van der Waals surface area contributed by atoms with Crippen molar-refractivity contribution in [3.63, 3.8) is 0 Å². The van der Waals surface area contributed by atoms with E-state index in [1.54, 1.807) is 31.2 Å². The molecule has 0 aliphatic rings. The number of sulfonamides is 1. The summed E-state index contributed by atoms with van der Waals surface area (Å²) in [6, 6.07) is 14.0. The lowest BCUT2D eigenvalue weighted by molar-refractivity contribution is -0.114. The number of carbonyl (C=O) groups is 1. The van der Waals surface area contributed by atoms with Gasteiger partial charge in [0.05, 0.1) is 4.90 Å². The van der Waals surface area contributed by atoms with E-state index in [1.165, 1.54) is 31.2 Å². The second-order valence-electron chi connectivity index (χ2n) is 5.83. The van der Waals surface area contributed by atoms with Crippen LogP contribution in [0.4, 0.5) is 5.69 Å². The molecule has 2 aromatic carbocycles. The predicted octanol–water partition coefficient (Wildman–Crippen LogP) is 2.40. The van der Waals surface area contributed by atoms with Crippen molar-refractivity contribution in [3.05, 3.63) is 71.9 Å². The molecule has 2 N–H and O–H groups in total. The predicted molar refractivity (Wildman–Crippen MR) is 98.4 cm³/mol. The number of aromatic nitrogens is 2. The van der Waals surface area contributed by atoms with Crippen molar-refractivity contribution in [2.75, 3.05) is 5.32 Å². The molecule has 27 heavy (non-hydrogen) atoms. The summed E-state index contributed by atoms with van der Waals surface area (Å²) >= 11 is 0. The van der Waals surface area contributed by atoms with Gasteiger partial charge in [0, 0.05) is 19.5 Å². The highest BCUT2D eigenvalue weighted by atomic mass is 32.2. The van der Waals surface area contributed by atoms with Gasteiger partial charge in [0.25, 0.3) is 0 Å². The van der Waals surface area contributed by atoms with E-state index in [0.29, 0.717) is 17.1 Å². The molecule has 0 fully saturated rings. The highest BCUT2D eigenvalue weighted by Gasteiger charge is 2.27. The molecule has 1 aromatic heterocycles. The third-order valence-corrected chi connectivity index (χ3v) is 5.12. The van der Waals surface area contributed by atoms with Crippen molar-refractivity contribution >= 4 is 21.6 Å². The van der Waals surface area contributed by atoms with Crippen LogP contribution in [0.15, 0.2) is 63.9 Å². The van der Waals surface area contributed by atoms with E-state index < -0.39 is 16.1 Å². The number of nitrogens with zero attached hydrogens (tertiary/aromatic N) is 2. The standard InChI is InChI=1S/C18H18N4O4S/c1-12(23)19-15-8-10-16(11-9-15)27(24,25)22-17(14-6-4-3-5-7-14)18-21-20-13(2)26-18/h3-11,17,22H,1-2H3,(H,19,23). The maximum Gasteiger partial charge on any atom is 0.241 e. The Balaban J connectivity index is 1.91. The van der Waals surface area contributed by atoms with Gasteiger partial charge in [0.15, 0.2) is 0 Å². The first-order chi connectivity index (χ1) is 12.8. The van der Waals surface area contributed by atoms with E-state index in [2.05, 4.69) is 20.2 Å². The first kappa shape index (κ1) is 18.7. The monoisotopic (exact) mass is 386 g/mol. The van der Waals surface area contributed by atoms with Crippen LogP contribution in [0, 0.1) is 6.92 Å². The fourth-order valence-corrected chi connectivity index (χ4v) is 3.66. The molecular formula is C18H18N4O4S. The first-order valence-electron chi connectivity index (χ1n) is 8.10. The molecule has 0 saturated heterocycles. The van der Waals surface area contributed by atoms with Crippen molar-refractivity contribution < 1.29 is 17.6 Å². The maximum atomic E-state index is 12.8. The summed E-state index contributed by atoms with van der Waals surface area (Å²) in [5.41, 5.74) is 1.17. The van der Waals surface area contributed by atoms with Crippen molar-refractivity contribution in [1.29, 1.82) is 0 Å². The van der Waals surface area contributed by atoms with Gasteiger partial charge in [-0.15, -0.1) is 10.2 Å². The third-order valence-electron chi connectivity index (χ3n) is 3.68. The molecule has 140 valence electrons. The summed E-state index contributed by atoms with van der Waals surface area (Å²) in [6.07, 6.45) is 0. The third kappa shape index (κ3) is 4.57. The number of anilines is 1. The normalized spacial score (nSPS) is 12.5. The van der Waals surface area contributed by atoms with Gasteiger partial charge < -0.3 is 9.73 Å². The molecule has 1 unspecified atom stereocenters. The lowest BCUT2D eigenvalue weighted by Gasteiger charge is -2.16. The van der Waals surface area contributed by atoms with Gasteiger partial charge in [-0.2, -0.15) is 4.72 Å². The van der Waals surface area contributed by atoms with Crippen molar-refractivity contribution in [2.24, 2.45) is 0 Å². The first-order valence-corrected chi connectivity index (χ1v) is 9.58. The smallest absolute Gasteiger partial charge is 0.241 e. The molecule has 0 radical (unpaired) electrons. The van der Waals surface area contributed by atoms with Gasteiger partial charge in [0.1, 0.15) is 6.04 Å². The van der Waals surface area contributed by atoms with Crippen LogP contribution in [0.3, 0.4) is 0 Å². The SMILES string of the molecule is CC(=O)Nc1ccc(S(=O)(=O)NC(c2ccccc2)c2nnc(C)o2)cc1. The number of rotatable bonds is 6. The fraction of sp³-hybridized carbons (Fsp3) is 0.167. The quantitative estimate of drug-likeness (QED) is 0.672. The van der Waals surface area contributed by atoms with Crippen LogP contribution < -0.4 is 10.0 Å². The van der Waals surface area contributed by atoms with Crippen molar-refractivity contribution in [1.82, 2.24) is 14.9 Å². The second-order valence-corrected chi connectivity index (χ2v) is 7.54. The van der Waals surface area contributed by atoms with E-state index in [0.717, 1.165) is 0 Å². The van der Waals surface area contributed by atoms with E-state index in [9.17, 15) is 13.2 Å². The van der Waals surface area contributed by atoms with Gasteiger partial charge in [-0.3, -0.25) is 4.79 Å². The van der Waals surface area contributed by atoms with Gasteiger partial charge in [-0.25, -0.2) is 8.42 Å². The minimum atomic E-state index is -3.88. The Morgan fingerprint density at radius 2 is 1.70 bits per heavy atom. The number of hydrogen-bond donors (Lipinski definition) is 2. The highest BCUT2D eigenvalue weighted by molar-refractivity contribution is 7.89. The van der Waals surface area contributed by atoms with Crippen LogP contribution in [0.25, 0.3) is 0 Å². The number of benzene rings is 2. The molecule has 3 rings (SSSR count). The Morgan fingerprint density at radius 3 is 2.26 bits per heavy atom. The Morgan fingerprint density at radius 1 is 1.04 bits per heavy atom. The van der Waals surface area contributed by atoms with E-state index in [-0.39, 0.29) is 16.7 Å².